The highest BCUT2D eigenvalue weighted by molar-refractivity contribution is 6.36. The van der Waals surface area contributed by atoms with E-state index in [-0.39, 0.29) is 31.8 Å². The fourth-order valence-electron chi connectivity index (χ4n) is 4.25. The van der Waals surface area contributed by atoms with Gasteiger partial charge < -0.3 is 19.7 Å². The number of nitrogens with one attached hydrogen (secondary N) is 1. The van der Waals surface area contributed by atoms with E-state index in [0.717, 1.165) is 5.52 Å². The van der Waals surface area contributed by atoms with Crippen LogP contribution in [-0.2, 0) is 4.74 Å². The third-order valence-corrected chi connectivity index (χ3v) is 6.24. The van der Waals surface area contributed by atoms with Gasteiger partial charge in [0.15, 0.2) is 0 Å². The summed E-state index contributed by atoms with van der Waals surface area (Å²) in [5.74, 6) is -2.02. The first-order valence-electron chi connectivity index (χ1n) is 9.62. The average Bonchev–Trinajstić information content (AvgIpc) is 2.98. The highest BCUT2D eigenvalue weighted by Crippen LogP contribution is 2.41. The molecule has 5 nitrogen and oxygen atoms in total. The molecule has 0 radical (unpaired) electrons. The van der Waals surface area contributed by atoms with E-state index in [1.165, 1.54) is 0 Å². The van der Waals surface area contributed by atoms with Crippen molar-refractivity contribution in [2.75, 3.05) is 19.8 Å². The number of rotatable bonds is 4. The van der Waals surface area contributed by atoms with Crippen LogP contribution in [0.3, 0.4) is 0 Å². The Morgan fingerprint density at radius 3 is 2.79 bits per heavy atom. The first-order chi connectivity index (χ1) is 13.7. The second-order valence-corrected chi connectivity index (χ2v) is 8.42. The molecule has 2 atom stereocenters. The SMILES string of the molecule is O=C(NCC1(O)CCCC(C(F)(F)F)C1)c1cn(C2COC2)c2cccc(Cl)c12. The molecular formula is C20H22ClF3N2O3. The highest BCUT2D eigenvalue weighted by atomic mass is 35.5. The number of amides is 1. The van der Waals surface area contributed by atoms with Crippen molar-refractivity contribution in [3.8, 4) is 0 Å². The third kappa shape index (κ3) is 3.98. The van der Waals surface area contributed by atoms with Crippen LogP contribution in [0.4, 0.5) is 13.2 Å². The molecule has 4 rings (SSSR count). The summed E-state index contributed by atoms with van der Waals surface area (Å²) in [5.41, 5.74) is -0.438. The molecule has 1 aromatic heterocycles. The Kier molecular flexibility index (Phi) is 5.29. The van der Waals surface area contributed by atoms with Crippen molar-refractivity contribution < 1.29 is 27.8 Å². The predicted molar refractivity (Wildman–Crippen MR) is 102 cm³/mol. The lowest BCUT2D eigenvalue weighted by atomic mass is 9.77. The van der Waals surface area contributed by atoms with Crippen molar-refractivity contribution in [1.29, 1.82) is 0 Å². The van der Waals surface area contributed by atoms with Gasteiger partial charge >= 0.3 is 6.18 Å². The molecule has 2 unspecified atom stereocenters. The van der Waals surface area contributed by atoms with Crippen molar-refractivity contribution in [2.45, 2.75) is 43.5 Å². The summed E-state index contributed by atoms with van der Waals surface area (Å²) in [6, 6.07) is 5.45. The fraction of sp³-hybridized carbons (Fsp3) is 0.550. The molecule has 1 amide bonds. The van der Waals surface area contributed by atoms with Gasteiger partial charge in [0.05, 0.1) is 46.9 Å². The maximum Gasteiger partial charge on any atom is 0.391 e. The van der Waals surface area contributed by atoms with Gasteiger partial charge in [0.1, 0.15) is 0 Å². The number of ether oxygens (including phenoxy) is 1. The lowest BCUT2D eigenvalue weighted by molar-refractivity contribution is -0.199. The topological polar surface area (TPSA) is 63.5 Å². The minimum absolute atomic E-state index is 0.00626. The number of carbonyl (C=O) groups excluding carboxylic acids is 1. The molecule has 0 bridgehead atoms. The highest BCUT2D eigenvalue weighted by Gasteiger charge is 2.47. The van der Waals surface area contributed by atoms with E-state index in [1.54, 1.807) is 18.3 Å². The number of hydrogen-bond donors (Lipinski definition) is 2. The summed E-state index contributed by atoms with van der Waals surface area (Å²) in [5, 5.41) is 14.3. The van der Waals surface area contributed by atoms with Crippen LogP contribution in [0.2, 0.25) is 5.02 Å². The first-order valence-corrected chi connectivity index (χ1v) is 10.00. The number of fused-ring (bicyclic) bond motifs is 1. The molecule has 158 valence electrons. The minimum Gasteiger partial charge on any atom is -0.388 e. The Bertz CT molecular complexity index is 926. The summed E-state index contributed by atoms with van der Waals surface area (Å²) < 4.78 is 46.4. The zero-order valence-corrected chi connectivity index (χ0v) is 16.4. The van der Waals surface area contributed by atoms with E-state index in [0.29, 0.717) is 29.2 Å². The van der Waals surface area contributed by atoms with Crippen molar-refractivity contribution in [3.05, 3.63) is 35.0 Å². The van der Waals surface area contributed by atoms with Crippen LogP contribution in [0.25, 0.3) is 10.9 Å². The van der Waals surface area contributed by atoms with Crippen LogP contribution >= 0.6 is 11.6 Å². The largest absolute Gasteiger partial charge is 0.391 e. The van der Waals surface area contributed by atoms with Gasteiger partial charge in [0.25, 0.3) is 5.91 Å². The molecule has 2 aliphatic rings. The predicted octanol–water partition coefficient (Wildman–Crippen LogP) is 4.08. The molecule has 1 saturated carbocycles. The number of alkyl halides is 3. The molecule has 2 fully saturated rings. The van der Waals surface area contributed by atoms with Gasteiger partial charge in [-0.05, 0) is 37.8 Å². The van der Waals surface area contributed by atoms with Crippen LogP contribution in [0.5, 0.6) is 0 Å². The number of halogens is 4. The van der Waals surface area contributed by atoms with Crippen molar-refractivity contribution in [2.24, 2.45) is 5.92 Å². The van der Waals surface area contributed by atoms with Gasteiger partial charge in [0.2, 0.25) is 0 Å². The maximum atomic E-state index is 13.1. The smallest absolute Gasteiger partial charge is 0.388 e. The van der Waals surface area contributed by atoms with Crippen LogP contribution in [0.1, 0.15) is 42.1 Å². The van der Waals surface area contributed by atoms with Crippen LogP contribution in [-0.4, -0.2) is 47.1 Å². The van der Waals surface area contributed by atoms with Gasteiger partial charge in [-0.1, -0.05) is 17.7 Å². The molecule has 1 aromatic carbocycles. The Labute approximate surface area is 170 Å². The van der Waals surface area contributed by atoms with E-state index < -0.39 is 30.0 Å². The number of benzene rings is 1. The third-order valence-electron chi connectivity index (χ3n) is 5.93. The summed E-state index contributed by atoms with van der Waals surface area (Å²) in [6.07, 6.45) is -2.55. The van der Waals surface area contributed by atoms with E-state index in [9.17, 15) is 23.1 Å². The maximum absolute atomic E-state index is 13.1. The Hall–Kier alpha value is -1.77. The first kappa shape index (κ1) is 20.5. The number of hydrogen-bond acceptors (Lipinski definition) is 3. The van der Waals surface area contributed by atoms with Crippen molar-refractivity contribution in [3.63, 3.8) is 0 Å². The number of carbonyl (C=O) groups is 1. The standard InChI is InChI=1S/C20H22ClF3N2O3/c21-15-4-1-5-16-17(15)14(8-26(16)13-9-29-10-13)18(27)25-11-19(28)6-2-3-12(7-19)20(22,23)24/h1,4-5,8,12-13,28H,2-3,6-7,9-11H2,(H,25,27). The van der Waals surface area contributed by atoms with Crippen molar-refractivity contribution >= 4 is 28.4 Å². The van der Waals surface area contributed by atoms with Crippen molar-refractivity contribution in [1.82, 2.24) is 9.88 Å². The molecule has 9 heteroatoms. The lowest BCUT2D eigenvalue weighted by Crippen LogP contribution is -2.48. The second-order valence-electron chi connectivity index (χ2n) is 8.02. The second kappa shape index (κ2) is 7.49. The van der Waals surface area contributed by atoms with E-state index in [2.05, 4.69) is 5.32 Å². The molecule has 1 aliphatic heterocycles. The number of aliphatic hydroxyl groups is 1. The minimum atomic E-state index is -4.34. The number of aromatic nitrogens is 1. The zero-order valence-electron chi connectivity index (χ0n) is 15.6. The molecule has 2 heterocycles. The van der Waals surface area contributed by atoms with E-state index in [4.69, 9.17) is 16.3 Å². The molecule has 2 N–H and O–H groups in total. The molecule has 29 heavy (non-hydrogen) atoms. The fourth-order valence-corrected chi connectivity index (χ4v) is 4.52. The summed E-state index contributed by atoms with van der Waals surface area (Å²) in [6.45, 7) is 0.841. The lowest BCUT2D eigenvalue weighted by Gasteiger charge is -2.37. The van der Waals surface area contributed by atoms with Gasteiger partial charge in [-0.25, -0.2) is 0 Å². The van der Waals surface area contributed by atoms with Crippen LogP contribution in [0.15, 0.2) is 24.4 Å². The molecule has 1 saturated heterocycles. The summed E-state index contributed by atoms with van der Waals surface area (Å²) in [4.78, 5) is 12.9. The summed E-state index contributed by atoms with van der Waals surface area (Å²) in [7, 11) is 0. The molecule has 2 aromatic rings. The molecular weight excluding hydrogens is 409 g/mol. The average molecular weight is 431 g/mol. The van der Waals surface area contributed by atoms with E-state index in [1.807, 2.05) is 10.6 Å². The monoisotopic (exact) mass is 430 g/mol. The molecule has 0 spiro atoms. The van der Waals surface area contributed by atoms with E-state index >= 15 is 0 Å². The van der Waals surface area contributed by atoms with Gasteiger partial charge in [-0.15, -0.1) is 0 Å². The van der Waals surface area contributed by atoms with Gasteiger partial charge in [0, 0.05) is 18.1 Å². The normalized spacial score (nSPS) is 25.8. The van der Waals surface area contributed by atoms with Crippen LogP contribution in [0, 0.1) is 5.92 Å². The van der Waals surface area contributed by atoms with Gasteiger partial charge in [-0.2, -0.15) is 13.2 Å². The van der Waals surface area contributed by atoms with Gasteiger partial charge in [-0.3, -0.25) is 4.79 Å². The number of nitrogens with zero attached hydrogens (tertiary/aromatic N) is 1. The summed E-state index contributed by atoms with van der Waals surface area (Å²) >= 11 is 6.33. The Morgan fingerprint density at radius 2 is 2.14 bits per heavy atom. The van der Waals surface area contributed by atoms with Crippen LogP contribution < -0.4 is 5.32 Å². The Balaban J connectivity index is 1.54. The Morgan fingerprint density at radius 1 is 1.38 bits per heavy atom. The zero-order chi connectivity index (χ0) is 20.8. The quantitative estimate of drug-likeness (QED) is 0.768. The molecule has 1 aliphatic carbocycles.